The normalized spacial score (nSPS) is 48.6. The van der Waals surface area contributed by atoms with Gasteiger partial charge in [0.05, 0.1) is 6.10 Å². The van der Waals surface area contributed by atoms with Gasteiger partial charge in [0.1, 0.15) is 0 Å². The molecule has 80 valence electrons. The zero-order chi connectivity index (χ0) is 9.54. The van der Waals surface area contributed by atoms with Crippen LogP contribution in [0.3, 0.4) is 0 Å². The quantitative estimate of drug-likeness (QED) is 0.687. The summed E-state index contributed by atoms with van der Waals surface area (Å²) in [5.74, 6) is 1.68. The molecule has 0 aromatic heterocycles. The van der Waals surface area contributed by atoms with E-state index in [1.165, 1.54) is 45.2 Å². The highest BCUT2D eigenvalue weighted by Crippen LogP contribution is 2.44. The molecule has 1 aliphatic heterocycles. The average molecular weight is 195 g/mol. The van der Waals surface area contributed by atoms with E-state index in [9.17, 15) is 5.11 Å². The molecule has 0 unspecified atom stereocenters. The molecule has 1 saturated heterocycles. The van der Waals surface area contributed by atoms with E-state index in [4.69, 9.17) is 0 Å². The highest BCUT2D eigenvalue weighted by molar-refractivity contribution is 4.97. The second kappa shape index (κ2) is 3.49. The van der Waals surface area contributed by atoms with Crippen molar-refractivity contribution in [2.24, 2.45) is 11.8 Å². The third-order valence-electron chi connectivity index (χ3n) is 4.60. The molecule has 2 saturated carbocycles. The summed E-state index contributed by atoms with van der Waals surface area (Å²) in [6, 6.07) is 0.524. The number of rotatable bonds is 1. The van der Waals surface area contributed by atoms with Crippen LogP contribution < -0.4 is 0 Å². The topological polar surface area (TPSA) is 23.5 Å². The van der Waals surface area contributed by atoms with Gasteiger partial charge in [-0.2, -0.15) is 0 Å². The average Bonchev–Trinajstić information content (AvgIpc) is 2.77. The van der Waals surface area contributed by atoms with Crippen LogP contribution in [0.25, 0.3) is 0 Å². The lowest BCUT2D eigenvalue weighted by Crippen LogP contribution is -2.48. The molecule has 4 atom stereocenters. The fourth-order valence-corrected chi connectivity index (χ4v) is 4.01. The zero-order valence-corrected chi connectivity index (χ0v) is 8.86. The Morgan fingerprint density at radius 3 is 2.57 bits per heavy atom. The summed E-state index contributed by atoms with van der Waals surface area (Å²) in [7, 11) is 0. The van der Waals surface area contributed by atoms with Crippen molar-refractivity contribution in [3.63, 3.8) is 0 Å². The fourth-order valence-electron chi connectivity index (χ4n) is 4.01. The Kier molecular flexibility index (Phi) is 2.29. The maximum absolute atomic E-state index is 10.2. The van der Waals surface area contributed by atoms with Gasteiger partial charge in [-0.25, -0.2) is 0 Å². The molecular formula is C12H21NO. The second-order valence-corrected chi connectivity index (χ2v) is 5.48. The first-order valence-electron chi connectivity index (χ1n) is 6.27. The first-order valence-corrected chi connectivity index (χ1v) is 6.27. The van der Waals surface area contributed by atoms with E-state index in [2.05, 4.69) is 4.90 Å². The summed E-state index contributed by atoms with van der Waals surface area (Å²) in [6.07, 6.45) is 7.92. The lowest BCUT2D eigenvalue weighted by molar-refractivity contribution is -0.00230. The minimum absolute atomic E-state index is 0.0145. The highest BCUT2D eigenvalue weighted by atomic mass is 16.3. The van der Waals surface area contributed by atoms with Gasteiger partial charge >= 0.3 is 0 Å². The first kappa shape index (κ1) is 9.17. The van der Waals surface area contributed by atoms with E-state index in [0.29, 0.717) is 6.04 Å². The summed E-state index contributed by atoms with van der Waals surface area (Å²) in [5.41, 5.74) is 0. The van der Waals surface area contributed by atoms with Gasteiger partial charge in [0.2, 0.25) is 0 Å². The van der Waals surface area contributed by atoms with Gasteiger partial charge < -0.3 is 5.11 Å². The summed E-state index contributed by atoms with van der Waals surface area (Å²) in [6.45, 7) is 2.48. The number of aliphatic hydroxyl groups excluding tert-OH is 1. The third-order valence-corrected chi connectivity index (χ3v) is 4.60. The van der Waals surface area contributed by atoms with Gasteiger partial charge in [0.15, 0.2) is 0 Å². The number of hydrogen-bond donors (Lipinski definition) is 1. The minimum atomic E-state index is -0.0145. The predicted octanol–water partition coefficient (Wildman–Crippen LogP) is 1.63. The number of likely N-dealkylation sites (tertiary alicyclic amines) is 1. The van der Waals surface area contributed by atoms with Gasteiger partial charge in [0.25, 0.3) is 0 Å². The second-order valence-electron chi connectivity index (χ2n) is 5.48. The van der Waals surface area contributed by atoms with Crippen LogP contribution in [0, 0.1) is 11.8 Å². The molecule has 14 heavy (non-hydrogen) atoms. The Bertz CT molecular complexity index is 210. The van der Waals surface area contributed by atoms with E-state index < -0.39 is 0 Å². The lowest BCUT2D eigenvalue weighted by Gasteiger charge is -2.39. The molecule has 0 spiro atoms. The van der Waals surface area contributed by atoms with Gasteiger partial charge in [-0.05, 0) is 57.0 Å². The number of aliphatic hydroxyl groups is 1. The van der Waals surface area contributed by atoms with Crippen molar-refractivity contribution in [3.05, 3.63) is 0 Å². The van der Waals surface area contributed by atoms with Crippen molar-refractivity contribution in [1.82, 2.24) is 4.90 Å². The predicted molar refractivity (Wildman–Crippen MR) is 56.0 cm³/mol. The molecule has 0 aromatic rings. The minimum Gasteiger partial charge on any atom is -0.391 e. The summed E-state index contributed by atoms with van der Waals surface area (Å²) >= 11 is 0. The summed E-state index contributed by atoms with van der Waals surface area (Å²) in [4.78, 5) is 2.57. The van der Waals surface area contributed by atoms with E-state index in [0.717, 1.165) is 18.3 Å². The number of nitrogens with zero attached hydrogens (tertiary/aromatic N) is 1. The molecule has 2 nitrogen and oxygen atoms in total. The molecule has 3 aliphatic rings. The van der Waals surface area contributed by atoms with Crippen molar-refractivity contribution >= 4 is 0 Å². The molecular weight excluding hydrogens is 174 g/mol. The van der Waals surface area contributed by atoms with Crippen LogP contribution in [-0.4, -0.2) is 35.2 Å². The lowest BCUT2D eigenvalue weighted by atomic mass is 9.82. The smallest absolute Gasteiger partial charge is 0.0700 e. The maximum atomic E-state index is 10.2. The van der Waals surface area contributed by atoms with Crippen LogP contribution in [0.1, 0.15) is 38.5 Å². The Labute approximate surface area is 86.3 Å². The molecule has 2 bridgehead atoms. The van der Waals surface area contributed by atoms with Crippen LogP contribution in [0.5, 0.6) is 0 Å². The van der Waals surface area contributed by atoms with Crippen molar-refractivity contribution in [2.75, 3.05) is 13.1 Å². The number of fused-ring (bicyclic) bond motifs is 2. The van der Waals surface area contributed by atoms with E-state index in [1.807, 2.05) is 0 Å². The van der Waals surface area contributed by atoms with E-state index >= 15 is 0 Å². The van der Waals surface area contributed by atoms with Gasteiger partial charge in [-0.3, -0.25) is 4.90 Å². The fraction of sp³-hybridized carbons (Fsp3) is 1.00. The maximum Gasteiger partial charge on any atom is 0.0700 e. The van der Waals surface area contributed by atoms with Crippen LogP contribution in [0.4, 0.5) is 0 Å². The van der Waals surface area contributed by atoms with Crippen molar-refractivity contribution in [1.29, 1.82) is 0 Å². The van der Waals surface area contributed by atoms with Crippen molar-refractivity contribution < 1.29 is 5.11 Å². The van der Waals surface area contributed by atoms with Gasteiger partial charge in [0, 0.05) is 6.04 Å². The largest absolute Gasteiger partial charge is 0.391 e. The molecule has 2 heteroatoms. The molecule has 3 fully saturated rings. The van der Waals surface area contributed by atoms with Crippen LogP contribution in [-0.2, 0) is 0 Å². The monoisotopic (exact) mass is 195 g/mol. The summed E-state index contributed by atoms with van der Waals surface area (Å²) in [5, 5.41) is 10.2. The Morgan fingerprint density at radius 2 is 1.79 bits per heavy atom. The molecule has 0 aromatic carbocycles. The standard InChI is InChI=1S/C12H21NO/c14-11-8-9-3-4-10(7-9)12(11)13-5-1-2-6-13/h9-12,14H,1-8H2/t9-,10+,11-,12+/m0/s1. The molecule has 0 amide bonds. The van der Waals surface area contributed by atoms with E-state index in [1.54, 1.807) is 0 Å². The van der Waals surface area contributed by atoms with Crippen LogP contribution >= 0.6 is 0 Å². The van der Waals surface area contributed by atoms with Crippen molar-refractivity contribution in [2.45, 2.75) is 50.7 Å². The number of hydrogen-bond acceptors (Lipinski definition) is 2. The highest BCUT2D eigenvalue weighted by Gasteiger charge is 2.44. The summed E-state index contributed by atoms with van der Waals surface area (Å²) < 4.78 is 0. The van der Waals surface area contributed by atoms with Crippen LogP contribution in [0.2, 0.25) is 0 Å². The van der Waals surface area contributed by atoms with Gasteiger partial charge in [-0.15, -0.1) is 0 Å². The SMILES string of the molecule is O[C@H]1C[C@H]2CC[C@H](C2)[C@H]1N1CCCC1. The van der Waals surface area contributed by atoms with E-state index in [-0.39, 0.29) is 6.10 Å². The molecule has 2 aliphatic carbocycles. The molecule has 0 radical (unpaired) electrons. The zero-order valence-electron chi connectivity index (χ0n) is 8.86. The molecule has 3 rings (SSSR count). The van der Waals surface area contributed by atoms with Crippen molar-refractivity contribution in [3.8, 4) is 0 Å². The Morgan fingerprint density at radius 1 is 1.00 bits per heavy atom. The molecule has 1 heterocycles. The first-order chi connectivity index (χ1) is 6.84. The third kappa shape index (κ3) is 1.40. The Balaban J connectivity index is 1.75. The molecule has 1 N–H and O–H groups in total. The van der Waals surface area contributed by atoms with Gasteiger partial charge in [-0.1, -0.05) is 6.42 Å². The van der Waals surface area contributed by atoms with Crippen LogP contribution in [0.15, 0.2) is 0 Å². The Hall–Kier alpha value is -0.0800.